The van der Waals surface area contributed by atoms with Crippen LogP contribution in [0.3, 0.4) is 0 Å². The zero-order chi connectivity index (χ0) is 38.6. The maximum absolute atomic E-state index is 6.79. The molecule has 10 aromatic carbocycles. The Kier molecular flexibility index (Phi) is 6.69. The van der Waals surface area contributed by atoms with E-state index in [1.807, 2.05) is 12.1 Å². The monoisotopic (exact) mass is 752 g/mol. The Morgan fingerprint density at radius 2 is 1.03 bits per heavy atom. The van der Waals surface area contributed by atoms with Crippen molar-refractivity contribution in [3.8, 4) is 39.4 Å². The summed E-state index contributed by atoms with van der Waals surface area (Å²) in [6.07, 6.45) is 0. The highest BCUT2D eigenvalue weighted by Crippen LogP contribution is 2.44. The smallest absolute Gasteiger partial charge is 0.228 e. The van der Waals surface area contributed by atoms with Crippen molar-refractivity contribution in [2.24, 2.45) is 0 Å². The van der Waals surface area contributed by atoms with Gasteiger partial charge < -0.3 is 13.4 Å². The molecule has 0 spiro atoms. The number of oxazole rings is 1. The van der Waals surface area contributed by atoms with Gasteiger partial charge >= 0.3 is 0 Å². The molecule has 59 heavy (non-hydrogen) atoms. The molecular formula is C55H32N2O2. The second kappa shape index (κ2) is 12.3. The summed E-state index contributed by atoms with van der Waals surface area (Å²) in [4.78, 5) is 5.36. The van der Waals surface area contributed by atoms with E-state index >= 15 is 0 Å². The predicted molar refractivity (Wildman–Crippen MR) is 244 cm³/mol. The van der Waals surface area contributed by atoms with Crippen molar-refractivity contribution < 1.29 is 8.83 Å². The van der Waals surface area contributed by atoms with Gasteiger partial charge in [0.1, 0.15) is 16.7 Å². The van der Waals surface area contributed by atoms with Crippen LogP contribution in [0.25, 0.3) is 127 Å². The van der Waals surface area contributed by atoms with E-state index in [1.54, 1.807) is 0 Å². The highest BCUT2D eigenvalue weighted by molar-refractivity contribution is 6.25. The van der Waals surface area contributed by atoms with E-state index in [4.69, 9.17) is 13.8 Å². The van der Waals surface area contributed by atoms with Gasteiger partial charge in [-0.3, -0.25) is 0 Å². The summed E-state index contributed by atoms with van der Waals surface area (Å²) in [5.41, 5.74) is 12.1. The average Bonchev–Trinajstić information content (AvgIpc) is 4.00. The Balaban J connectivity index is 1.04. The second-order valence-electron chi connectivity index (χ2n) is 15.4. The standard InChI is InChI=1S/C55H32N2O2/c1-2-13-33(14-3-1)34-16-12-17-37(29-34)57-47-24-11-10-23-43(47)52-42-22-9-8-21-41(42)45(32-48(52)57)55-56-54-51(59-55)28-27-50-53(54)46-31-36(25-26-49(46)58-50)44-30-35-15-4-5-18-38(35)39-19-6-7-20-40(39)44/h1-32H. The van der Waals surface area contributed by atoms with Crippen LogP contribution in [0, 0.1) is 0 Å². The lowest BCUT2D eigenvalue weighted by molar-refractivity contribution is 0.620. The van der Waals surface area contributed by atoms with Crippen LogP contribution in [0.5, 0.6) is 0 Å². The number of fused-ring (bicyclic) bond motifs is 13. The van der Waals surface area contributed by atoms with Crippen LogP contribution in [0.2, 0.25) is 0 Å². The fourth-order valence-corrected chi connectivity index (χ4v) is 9.57. The maximum atomic E-state index is 6.79. The zero-order valence-corrected chi connectivity index (χ0v) is 31.7. The summed E-state index contributed by atoms with van der Waals surface area (Å²) < 4.78 is 15.7. The van der Waals surface area contributed by atoms with E-state index in [9.17, 15) is 0 Å². The van der Waals surface area contributed by atoms with E-state index < -0.39 is 0 Å². The van der Waals surface area contributed by atoms with Crippen LogP contribution in [-0.4, -0.2) is 9.55 Å². The summed E-state index contributed by atoms with van der Waals surface area (Å²) in [7, 11) is 0. The van der Waals surface area contributed by atoms with Crippen LogP contribution >= 0.6 is 0 Å². The van der Waals surface area contributed by atoms with Crippen molar-refractivity contribution in [1.29, 1.82) is 0 Å². The number of benzene rings is 10. The summed E-state index contributed by atoms with van der Waals surface area (Å²) in [6, 6.07) is 69.1. The fourth-order valence-electron chi connectivity index (χ4n) is 9.57. The SMILES string of the molecule is c1ccc(-c2cccc(-n3c4ccccc4c4c5ccccc5c(-c5nc6c(ccc7oc8ccc(-c9cc%10ccccc%10c%10ccccc9%10)cc8c76)o5)cc43)c2)cc1. The molecule has 0 saturated heterocycles. The molecule has 0 unspecified atom stereocenters. The lowest BCUT2D eigenvalue weighted by atomic mass is 9.92. The first kappa shape index (κ1) is 32.2. The van der Waals surface area contributed by atoms with Crippen molar-refractivity contribution in [2.45, 2.75) is 0 Å². The summed E-state index contributed by atoms with van der Waals surface area (Å²) in [6.45, 7) is 0. The molecule has 0 aliphatic carbocycles. The Morgan fingerprint density at radius 3 is 1.90 bits per heavy atom. The summed E-state index contributed by atoms with van der Waals surface area (Å²) in [5.74, 6) is 0.575. The van der Waals surface area contributed by atoms with Crippen LogP contribution in [0.4, 0.5) is 0 Å². The van der Waals surface area contributed by atoms with Gasteiger partial charge in [0.25, 0.3) is 0 Å². The van der Waals surface area contributed by atoms with Gasteiger partial charge in [0.05, 0.1) is 16.4 Å². The van der Waals surface area contributed by atoms with E-state index in [1.165, 1.54) is 49.0 Å². The van der Waals surface area contributed by atoms with Crippen molar-refractivity contribution >= 4 is 87.2 Å². The molecular weight excluding hydrogens is 721 g/mol. The molecule has 4 heteroatoms. The molecule has 4 nitrogen and oxygen atoms in total. The third-order valence-electron chi connectivity index (χ3n) is 12.2. The van der Waals surface area contributed by atoms with Gasteiger partial charge in [-0.2, -0.15) is 0 Å². The van der Waals surface area contributed by atoms with E-state index in [-0.39, 0.29) is 0 Å². The third-order valence-corrected chi connectivity index (χ3v) is 12.2. The lowest BCUT2D eigenvalue weighted by Crippen LogP contribution is -1.95. The highest BCUT2D eigenvalue weighted by atomic mass is 16.4. The number of furan rings is 1. The molecule has 0 bridgehead atoms. The number of nitrogens with zero attached hydrogens (tertiary/aromatic N) is 2. The molecule has 0 aliphatic heterocycles. The quantitative estimate of drug-likeness (QED) is 0.168. The van der Waals surface area contributed by atoms with Crippen molar-refractivity contribution in [3.05, 3.63) is 194 Å². The molecule has 0 fully saturated rings. The van der Waals surface area contributed by atoms with Gasteiger partial charge in [0.2, 0.25) is 5.89 Å². The molecule has 3 aromatic heterocycles. The van der Waals surface area contributed by atoms with E-state index in [0.717, 1.165) is 71.7 Å². The van der Waals surface area contributed by atoms with Crippen molar-refractivity contribution in [3.63, 3.8) is 0 Å². The minimum atomic E-state index is 0.575. The molecule has 274 valence electrons. The van der Waals surface area contributed by atoms with E-state index in [0.29, 0.717) is 5.89 Å². The predicted octanol–water partition coefficient (Wildman–Crippen LogP) is 15.3. The molecule has 0 atom stereocenters. The van der Waals surface area contributed by atoms with Crippen LogP contribution < -0.4 is 0 Å². The number of aromatic nitrogens is 2. The Bertz CT molecular complexity index is 3850. The molecule has 0 aliphatic rings. The topological polar surface area (TPSA) is 44.1 Å². The molecule has 0 radical (unpaired) electrons. The van der Waals surface area contributed by atoms with Crippen molar-refractivity contribution in [1.82, 2.24) is 9.55 Å². The maximum Gasteiger partial charge on any atom is 0.228 e. The minimum absolute atomic E-state index is 0.575. The molecule has 3 heterocycles. The Hall–Kier alpha value is -7.95. The van der Waals surface area contributed by atoms with Crippen LogP contribution in [0.15, 0.2) is 203 Å². The Morgan fingerprint density at radius 1 is 0.356 bits per heavy atom. The van der Waals surface area contributed by atoms with E-state index in [2.05, 4.69) is 187 Å². The largest absolute Gasteiger partial charge is 0.456 e. The molecule has 13 rings (SSSR count). The third kappa shape index (κ3) is 4.75. The highest BCUT2D eigenvalue weighted by Gasteiger charge is 2.22. The van der Waals surface area contributed by atoms with Crippen LogP contribution in [0.1, 0.15) is 0 Å². The molecule has 0 amide bonds. The Labute approximate surface area is 337 Å². The zero-order valence-electron chi connectivity index (χ0n) is 31.7. The molecule has 0 N–H and O–H groups in total. The van der Waals surface area contributed by atoms with Crippen molar-refractivity contribution in [2.75, 3.05) is 0 Å². The first-order chi connectivity index (χ1) is 29.2. The van der Waals surface area contributed by atoms with Gasteiger partial charge in [-0.1, -0.05) is 140 Å². The first-order valence-corrected chi connectivity index (χ1v) is 20.0. The normalized spacial score (nSPS) is 12.1. The fraction of sp³-hybridized carbons (Fsp3) is 0. The summed E-state index contributed by atoms with van der Waals surface area (Å²) >= 11 is 0. The number of rotatable bonds is 4. The second-order valence-corrected chi connectivity index (χ2v) is 15.4. The molecule has 0 saturated carbocycles. The average molecular weight is 753 g/mol. The number of para-hydroxylation sites is 1. The number of hydrogen-bond donors (Lipinski definition) is 0. The van der Waals surface area contributed by atoms with Gasteiger partial charge in [0.15, 0.2) is 5.58 Å². The number of hydrogen-bond acceptors (Lipinski definition) is 3. The van der Waals surface area contributed by atoms with Gasteiger partial charge in [-0.25, -0.2) is 4.98 Å². The van der Waals surface area contributed by atoms with Gasteiger partial charge in [-0.05, 0) is 109 Å². The van der Waals surface area contributed by atoms with Gasteiger partial charge in [-0.15, -0.1) is 0 Å². The van der Waals surface area contributed by atoms with Crippen LogP contribution in [-0.2, 0) is 0 Å². The first-order valence-electron chi connectivity index (χ1n) is 20.0. The lowest BCUT2D eigenvalue weighted by Gasteiger charge is -2.12. The molecule has 13 aromatic rings. The van der Waals surface area contributed by atoms with Gasteiger partial charge in [0, 0.05) is 27.4 Å². The summed E-state index contributed by atoms with van der Waals surface area (Å²) in [5, 5.41) is 11.6. The minimum Gasteiger partial charge on any atom is -0.456 e.